The number of hydrogen-bond donors (Lipinski definition) is 2. The maximum atomic E-state index is 9.39. The van der Waals surface area contributed by atoms with Gasteiger partial charge in [-0.15, -0.1) is 0 Å². The van der Waals surface area contributed by atoms with Gasteiger partial charge in [-0.2, -0.15) is 0 Å². The van der Waals surface area contributed by atoms with E-state index < -0.39 is 6.10 Å². The average Bonchev–Trinajstić information content (AvgIpc) is 2.18. The molecule has 1 aromatic carbocycles. The molecular formula is C11H15NO. The predicted octanol–water partition coefficient (Wildman–Crippen LogP) is 1.41. The van der Waals surface area contributed by atoms with Crippen LogP contribution in [0.1, 0.15) is 12.5 Å². The van der Waals surface area contributed by atoms with Crippen molar-refractivity contribution in [1.29, 1.82) is 0 Å². The topological polar surface area (TPSA) is 46.2 Å². The molecule has 0 aliphatic rings. The first-order valence-corrected chi connectivity index (χ1v) is 4.35. The van der Waals surface area contributed by atoms with Crippen LogP contribution < -0.4 is 5.73 Å². The summed E-state index contributed by atoms with van der Waals surface area (Å²) < 4.78 is 0. The van der Waals surface area contributed by atoms with Crippen molar-refractivity contribution in [2.75, 3.05) is 6.54 Å². The molecule has 0 aliphatic heterocycles. The van der Waals surface area contributed by atoms with Gasteiger partial charge in [-0.25, -0.2) is 0 Å². The highest BCUT2D eigenvalue weighted by Crippen LogP contribution is 2.08. The fraction of sp³-hybridized carbons (Fsp3) is 0.273. The Kier molecular flexibility index (Phi) is 3.68. The Hall–Kier alpha value is -1.12. The first-order valence-electron chi connectivity index (χ1n) is 4.35. The van der Waals surface area contributed by atoms with E-state index in [2.05, 4.69) is 0 Å². The number of benzene rings is 1. The molecule has 1 rings (SSSR count). The third kappa shape index (κ3) is 3.01. The Labute approximate surface area is 78.7 Å². The van der Waals surface area contributed by atoms with Crippen molar-refractivity contribution < 1.29 is 5.11 Å². The van der Waals surface area contributed by atoms with Gasteiger partial charge in [-0.1, -0.05) is 36.4 Å². The van der Waals surface area contributed by atoms with Crippen LogP contribution >= 0.6 is 0 Å². The van der Waals surface area contributed by atoms with E-state index in [0.717, 1.165) is 11.1 Å². The van der Waals surface area contributed by atoms with Gasteiger partial charge in [0, 0.05) is 6.54 Å². The van der Waals surface area contributed by atoms with Crippen LogP contribution in [0.5, 0.6) is 0 Å². The van der Waals surface area contributed by atoms with Crippen LogP contribution in [-0.2, 0) is 0 Å². The van der Waals surface area contributed by atoms with Crippen molar-refractivity contribution in [3.8, 4) is 0 Å². The summed E-state index contributed by atoms with van der Waals surface area (Å²) in [6.07, 6.45) is 1.41. The SMILES string of the molecule is C/C(=C\c1ccccc1)C(O)CN. The van der Waals surface area contributed by atoms with Crippen LogP contribution in [0.15, 0.2) is 35.9 Å². The zero-order valence-electron chi connectivity index (χ0n) is 7.77. The van der Waals surface area contributed by atoms with E-state index in [0.29, 0.717) is 0 Å². The van der Waals surface area contributed by atoms with Gasteiger partial charge in [-0.3, -0.25) is 0 Å². The van der Waals surface area contributed by atoms with Crippen LogP contribution in [0.25, 0.3) is 6.08 Å². The van der Waals surface area contributed by atoms with Crippen LogP contribution in [-0.4, -0.2) is 17.8 Å². The quantitative estimate of drug-likeness (QED) is 0.733. The highest BCUT2D eigenvalue weighted by Gasteiger charge is 2.02. The second-order valence-corrected chi connectivity index (χ2v) is 3.05. The van der Waals surface area contributed by atoms with Crippen LogP contribution in [0, 0.1) is 0 Å². The van der Waals surface area contributed by atoms with Crippen molar-refractivity contribution in [2.24, 2.45) is 5.73 Å². The summed E-state index contributed by atoms with van der Waals surface area (Å²) in [6.45, 7) is 2.15. The Balaban J connectivity index is 2.77. The summed E-state index contributed by atoms with van der Waals surface area (Å²) in [6, 6.07) is 9.88. The highest BCUT2D eigenvalue weighted by atomic mass is 16.3. The fourth-order valence-corrected chi connectivity index (χ4v) is 1.09. The van der Waals surface area contributed by atoms with Crippen molar-refractivity contribution in [3.63, 3.8) is 0 Å². The number of rotatable bonds is 3. The number of nitrogens with two attached hydrogens (primary N) is 1. The van der Waals surface area contributed by atoms with Gasteiger partial charge < -0.3 is 10.8 Å². The van der Waals surface area contributed by atoms with Gasteiger partial charge in [0.15, 0.2) is 0 Å². The molecule has 1 atom stereocenters. The molecule has 0 saturated carbocycles. The standard InChI is InChI=1S/C11H15NO/c1-9(11(13)8-12)7-10-5-3-2-4-6-10/h2-7,11,13H,8,12H2,1H3/b9-7+. The molecule has 1 aromatic rings. The molecule has 0 heterocycles. The molecule has 0 spiro atoms. The number of aliphatic hydroxyl groups is 1. The van der Waals surface area contributed by atoms with Gasteiger partial charge in [0.1, 0.15) is 0 Å². The van der Waals surface area contributed by atoms with Crippen molar-refractivity contribution in [2.45, 2.75) is 13.0 Å². The maximum Gasteiger partial charge on any atom is 0.0872 e. The summed E-state index contributed by atoms with van der Waals surface area (Å²) >= 11 is 0. The molecule has 2 nitrogen and oxygen atoms in total. The van der Waals surface area contributed by atoms with Gasteiger partial charge in [-0.05, 0) is 18.1 Å². The van der Waals surface area contributed by atoms with Gasteiger partial charge in [0.25, 0.3) is 0 Å². The molecule has 1 unspecified atom stereocenters. The van der Waals surface area contributed by atoms with Gasteiger partial charge in [0.05, 0.1) is 6.10 Å². The van der Waals surface area contributed by atoms with Crippen LogP contribution in [0.3, 0.4) is 0 Å². The second kappa shape index (κ2) is 4.80. The van der Waals surface area contributed by atoms with E-state index >= 15 is 0 Å². The minimum absolute atomic E-state index is 0.273. The second-order valence-electron chi connectivity index (χ2n) is 3.05. The largest absolute Gasteiger partial charge is 0.387 e. The molecule has 0 amide bonds. The van der Waals surface area contributed by atoms with E-state index in [9.17, 15) is 5.11 Å². The molecule has 13 heavy (non-hydrogen) atoms. The molecule has 0 radical (unpaired) electrons. The lowest BCUT2D eigenvalue weighted by Gasteiger charge is -2.07. The summed E-state index contributed by atoms with van der Waals surface area (Å²) in [5.74, 6) is 0. The number of aliphatic hydroxyl groups excluding tert-OH is 1. The third-order valence-electron chi connectivity index (χ3n) is 1.94. The summed E-state index contributed by atoms with van der Waals surface area (Å²) in [7, 11) is 0. The molecule has 70 valence electrons. The van der Waals surface area contributed by atoms with Crippen molar-refractivity contribution in [1.82, 2.24) is 0 Å². The van der Waals surface area contributed by atoms with E-state index in [4.69, 9.17) is 5.73 Å². The monoisotopic (exact) mass is 177 g/mol. The summed E-state index contributed by atoms with van der Waals surface area (Å²) in [4.78, 5) is 0. The third-order valence-corrected chi connectivity index (χ3v) is 1.94. The smallest absolute Gasteiger partial charge is 0.0872 e. The molecule has 0 bridgehead atoms. The lowest BCUT2D eigenvalue weighted by Crippen LogP contribution is -2.20. The average molecular weight is 177 g/mol. The highest BCUT2D eigenvalue weighted by molar-refractivity contribution is 5.52. The van der Waals surface area contributed by atoms with Crippen molar-refractivity contribution in [3.05, 3.63) is 41.5 Å². The van der Waals surface area contributed by atoms with Crippen LogP contribution in [0.2, 0.25) is 0 Å². The minimum Gasteiger partial charge on any atom is -0.387 e. The Morgan fingerprint density at radius 2 is 2.08 bits per heavy atom. The molecule has 0 fully saturated rings. The van der Waals surface area contributed by atoms with Gasteiger partial charge >= 0.3 is 0 Å². The molecule has 0 aromatic heterocycles. The molecule has 3 N–H and O–H groups in total. The lowest BCUT2D eigenvalue weighted by molar-refractivity contribution is 0.220. The van der Waals surface area contributed by atoms with Crippen LogP contribution in [0.4, 0.5) is 0 Å². The molecule has 0 saturated heterocycles. The maximum absolute atomic E-state index is 9.39. The normalized spacial score (nSPS) is 14.2. The van der Waals surface area contributed by atoms with Crippen molar-refractivity contribution >= 4 is 6.08 Å². The lowest BCUT2D eigenvalue weighted by atomic mass is 10.1. The van der Waals surface area contributed by atoms with E-state index in [1.807, 2.05) is 43.3 Å². The molecule has 2 heteroatoms. The summed E-state index contributed by atoms with van der Waals surface area (Å²) in [5, 5.41) is 9.39. The van der Waals surface area contributed by atoms with E-state index in [1.165, 1.54) is 0 Å². The Bertz CT molecular complexity index is 279. The number of hydrogen-bond acceptors (Lipinski definition) is 2. The Morgan fingerprint density at radius 1 is 1.46 bits per heavy atom. The van der Waals surface area contributed by atoms with E-state index in [1.54, 1.807) is 0 Å². The minimum atomic E-state index is -0.528. The molecular weight excluding hydrogens is 162 g/mol. The zero-order valence-corrected chi connectivity index (χ0v) is 7.77. The first-order chi connectivity index (χ1) is 6.24. The Morgan fingerprint density at radius 3 is 2.62 bits per heavy atom. The molecule has 0 aliphatic carbocycles. The van der Waals surface area contributed by atoms with E-state index in [-0.39, 0.29) is 6.54 Å². The fourth-order valence-electron chi connectivity index (χ4n) is 1.09. The zero-order chi connectivity index (χ0) is 9.68. The summed E-state index contributed by atoms with van der Waals surface area (Å²) in [5.41, 5.74) is 7.32. The van der Waals surface area contributed by atoms with Gasteiger partial charge in [0.2, 0.25) is 0 Å². The predicted molar refractivity (Wildman–Crippen MR) is 55.2 cm³/mol. The first kappa shape index (κ1) is 9.96.